The molecule has 2 N–H and O–H groups in total. The molecule has 2 nitrogen and oxygen atoms in total. The van der Waals surface area contributed by atoms with Crippen LogP contribution in [-0.2, 0) is 6.54 Å². The second kappa shape index (κ2) is 4.65. The summed E-state index contributed by atoms with van der Waals surface area (Å²) in [4.78, 5) is 3.52. The molecular formula is C12H20N2. The van der Waals surface area contributed by atoms with Gasteiger partial charge in [0.2, 0.25) is 0 Å². The Kier molecular flexibility index (Phi) is 3.25. The van der Waals surface area contributed by atoms with E-state index >= 15 is 0 Å². The highest BCUT2D eigenvalue weighted by atomic mass is 14.9. The summed E-state index contributed by atoms with van der Waals surface area (Å²) in [6, 6.07) is 4.48. The zero-order valence-electron chi connectivity index (χ0n) is 8.97. The Labute approximate surface area is 86.1 Å². The molecule has 1 aromatic rings. The molecule has 14 heavy (non-hydrogen) atoms. The molecule has 1 aromatic heterocycles. The van der Waals surface area contributed by atoms with Gasteiger partial charge in [0.15, 0.2) is 0 Å². The number of H-pyrrole nitrogens is 1. The normalized spacial score (nSPS) is 18.6. The molecule has 1 fully saturated rings. The van der Waals surface area contributed by atoms with Gasteiger partial charge in [-0.05, 0) is 37.9 Å². The molecule has 0 aliphatic heterocycles. The Balaban J connectivity index is 2.00. The molecule has 0 atom stereocenters. The van der Waals surface area contributed by atoms with Crippen LogP contribution in [0.2, 0.25) is 0 Å². The van der Waals surface area contributed by atoms with Crippen molar-refractivity contribution in [2.45, 2.75) is 44.6 Å². The molecule has 1 aliphatic carbocycles. The Morgan fingerprint density at radius 3 is 2.79 bits per heavy atom. The third-order valence-electron chi connectivity index (χ3n) is 3.18. The van der Waals surface area contributed by atoms with Crippen molar-refractivity contribution in [2.75, 3.05) is 7.05 Å². The number of nitrogens with one attached hydrogen (secondary N) is 2. The van der Waals surface area contributed by atoms with Gasteiger partial charge < -0.3 is 10.3 Å². The van der Waals surface area contributed by atoms with E-state index in [2.05, 4.69) is 22.4 Å². The molecule has 0 saturated heterocycles. The van der Waals surface area contributed by atoms with Crippen LogP contribution < -0.4 is 5.32 Å². The largest absolute Gasteiger partial charge is 0.361 e. The van der Waals surface area contributed by atoms with E-state index in [1.165, 1.54) is 43.5 Å². The van der Waals surface area contributed by atoms with E-state index in [0.717, 1.165) is 12.5 Å². The number of hydrogen-bond donors (Lipinski definition) is 2. The Bertz CT molecular complexity index is 272. The fourth-order valence-corrected chi connectivity index (χ4v) is 2.40. The maximum Gasteiger partial charge on any atom is 0.0354 e. The van der Waals surface area contributed by atoms with E-state index in [4.69, 9.17) is 0 Å². The van der Waals surface area contributed by atoms with E-state index in [1.807, 2.05) is 7.05 Å². The van der Waals surface area contributed by atoms with Crippen LogP contribution in [0.3, 0.4) is 0 Å². The van der Waals surface area contributed by atoms with E-state index in [-0.39, 0.29) is 0 Å². The van der Waals surface area contributed by atoms with Crippen molar-refractivity contribution in [1.29, 1.82) is 0 Å². The molecule has 0 aromatic carbocycles. The average molecular weight is 192 g/mol. The van der Waals surface area contributed by atoms with Crippen LogP contribution in [0.15, 0.2) is 12.1 Å². The summed E-state index contributed by atoms with van der Waals surface area (Å²) in [5.41, 5.74) is 2.77. The van der Waals surface area contributed by atoms with Crippen molar-refractivity contribution in [3.8, 4) is 0 Å². The second-order valence-corrected chi connectivity index (χ2v) is 4.30. The second-order valence-electron chi connectivity index (χ2n) is 4.30. The van der Waals surface area contributed by atoms with Gasteiger partial charge in [0.25, 0.3) is 0 Å². The molecular weight excluding hydrogens is 172 g/mol. The quantitative estimate of drug-likeness (QED) is 0.757. The smallest absolute Gasteiger partial charge is 0.0354 e. The van der Waals surface area contributed by atoms with Crippen molar-refractivity contribution < 1.29 is 0 Å². The first-order valence-electron chi connectivity index (χ1n) is 5.72. The fraction of sp³-hybridized carbons (Fsp3) is 0.667. The lowest BCUT2D eigenvalue weighted by Crippen LogP contribution is -2.07. The van der Waals surface area contributed by atoms with Gasteiger partial charge in [-0.15, -0.1) is 0 Å². The lowest BCUT2D eigenvalue weighted by Gasteiger charge is -2.20. The Hall–Kier alpha value is -0.760. The first-order chi connectivity index (χ1) is 6.90. The fourth-order valence-electron chi connectivity index (χ4n) is 2.40. The van der Waals surface area contributed by atoms with E-state index < -0.39 is 0 Å². The third kappa shape index (κ3) is 2.18. The van der Waals surface area contributed by atoms with E-state index in [0.29, 0.717) is 0 Å². The van der Waals surface area contributed by atoms with Gasteiger partial charge in [0, 0.05) is 17.9 Å². The molecule has 2 rings (SSSR count). The maximum absolute atomic E-state index is 3.52. The van der Waals surface area contributed by atoms with Crippen molar-refractivity contribution >= 4 is 0 Å². The molecule has 0 radical (unpaired) electrons. The number of aromatic amines is 1. The van der Waals surface area contributed by atoms with Crippen LogP contribution in [-0.4, -0.2) is 12.0 Å². The van der Waals surface area contributed by atoms with Gasteiger partial charge in [-0.1, -0.05) is 19.3 Å². The topological polar surface area (TPSA) is 27.8 Å². The Morgan fingerprint density at radius 2 is 2.07 bits per heavy atom. The molecule has 0 unspecified atom stereocenters. The van der Waals surface area contributed by atoms with Gasteiger partial charge in [0.1, 0.15) is 0 Å². The summed E-state index contributed by atoms with van der Waals surface area (Å²) >= 11 is 0. The molecule has 2 heteroatoms. The lowest BCUT2D eigenvalue weighted by atomic mass is 9.87. The van der Waals surface area contributed by atoms with Crippen LogP contribution in [0.5, 0.6) is 0 Å². The highest BCUT2D eigenvalue weighted by molar-refractivity contribution is 5.17. The van der Waals surface area contributed by atoms with Crippen LogP contribution >= 0.6 is 0 Å². The minimum atomic E-state index is 0.800. The zero-order chi connectivity index (χ0) is 9.80. The van der Waals surface area contributed by atoms with Crippen molar-refractivity contribution in [3.05, 3.63) is 23.5 Å². The maximum atomic E-state index is 3.52. The SMILES string of the molecule is CNCc1ccc(C2CCCCC2)[nH]1. The lowest BCUT2D eigenvalue weighted by molar-refractivity contribution is 0.437. The molecule has 1 aliphatic rings. The number of rotatable bonds is 3. The van der Waals surface area contributed by atoms with Crippen molar-refractivity contribution in [3.63, 3.8) is 0 Å². The highest BCUT2D eigenvalue weighted by Crippen LogP contribution is 2.31. The molecule has 0 amide bonds. The molecule has 0 spiro atoms. The van der Waals surface area contributed by atoms with Crippen molar-refractivity contribution in [1.82, 2.24) is 10.3 Å². The van der Waals surface area contributed by atoms with Crippen LogP contribution in [0.25, 0.3) is 0 Å². The first kappa shape index (κ1) is 9.78. The zero-order valence-corrected chi connectivity index (χ0v) is 8.97. The minimum absolute atomic E-state index is 0.800. The first-order valence-corrected chi connectivity index (χ1v) is 5.72. The van der Waals surface area contributed by atoms with Gasteiger partial charge in [0.05, 0.1) is 0 Å². The summed E-state index contributed by atoms with van der Waals surface area (Å²) in [5.74, 6) is 0.800. The van der Waals surface area contributed by atoms with E-state index in [9.17, 15) is 0 Å². The number of hydrogen-bond acceptors (Lipinski definition) is 1. The summed E-state index contributed by atoms with van der Waals surface area (Å²) in [7, 11) is 1.99. The average Bonchev–Trinajstić information content (AvgIpc) is 2.68. The van der Waals surface area contributed by atoms with Gasteiger partial charge >= 0.3 is 0 Å². The monoisotopic (exact) mass is 192 g/mol. The summed E-state index contributed by atoms with van der Waals surface area (Å²) in [5, 5.41) is 3.17. The number of aromatic nitrogens is 1. The molecule has 1 heterocycles. The summed E-state index contributed by atoms with van der Waals surface area (Å²) < 4.78 is 0. The van der Waals surface area contributed by atoms with Crippen molar-refractivity contribution in [2.24, 2.45) is 0 Å². The van der Waals surface area contributed by atoms with Crippen LogP contribution in [0, 0.1) is 0 Å². The van der Waals surface area contributed by atoms with Gasteiger partial charge in [-0.2, -0.15) is 0 Å². The predicted octanol–water partition coefficient (Wildman–Crippen LogP) is 2.78. The Morgan fingerprint density at radius 1 is 1.29 bits per heavy atom. The van der Waals surface area contributed by atoms with Gasteiger partial charge in [-0.25, -0.2) is 0 Å². The third-order valence-corrected chi connectivity index (χ3v) is 3.18. The van der Waals surface area contributed by atoms with Crippen LogP contribution in [0.4, 0.5) is 0 Å². The van der Waals surface area contributed by atoms with Crippen LogP contribution in [0.1, 0.15) is 49.4 Å². The molecule has 78 valence electrons. The summed E-state index contributed by atoms with van der Waals surface area (Å²) in [6.45, 7) is 0.951. The van der Waals surface area contributed by atoms with E-state index in [1.54, 1.807) is 0 Å². The van der Waals surface area contributed by atoms with Gasteiger partial charge in [-0.3, -0.25) is 0 Å². The predicted molar refractivity (Wildman–Crippen MR) is 59.4 cm³/mol. The highest BCUT2D eigenvalue weighted by Gasteiger charge is 2.16. The minimum Gasteiger partial charge on any atom is -0.361 e. The molecule has 0 bridgehead atoms. The molecule has 1 saturated carbocycles. The standard InChI is InChI=1S/C12H20N2/c1-13-9-11-7-8-12(14-11)10-5-3-2-4-6-10/h7-8,10,13-14H,2-6,9H2,1H3. The summed E-state index contributed by atoms with van der Waals surface area (Å²) in [6.07, 6.45) is 7.00.